The Morgan fingerprint density at radius 3 is 2.69 bits per heavy atom. The number of nitrogens with one attached hydrogen (secondary N) is 2. The number of nitrogens with zero attached hydrogens (tertiary/aromatic N) is 3. The fraction of sp³-hybridized carbons (Fsp3) is 0.435. The normalized spacial score (nSPS) is 16.6. The molecule has 9 nitrogen and oxygen atoms in total. The van der Waals surface area contributed by atoms with Crippen LogP contribution in [0, 0.1) is 17.2 Å². The number of alkyl halides is 2. The lowest BCUT2D eigenvalue weighted by Gasteiger charge is -2.19. The lowest BCUT2D eigenvalue weighted by atomic mass is 10.1. The number of hydrogen-bond donors (Lipinski definition) is 2. The van der Waals surface area contributed by atoms with E-state index in [-0.39, 0.29) is 11.6 Å². The van der Waals surface area contributed by atoms with Crippen molar-refractivity contribution in [2.24, 2.45) is 5.92 Å². The molecule has 0 unspecified atom stereocenters. The predicted octanol–water partition coefficient (Wildman–Crippen LogP) is 3.43. The second kappa shape index (κ2) is 11.2. The van der Waals surface area contributed by atoms with Gasteiger partial charge in [-0.15, -0.1) is 11.3 Å². The van der Waals surface area contributed by atoms with Crippen molar-refractivity contribution in [3.63, 3.8) is 0 Å². The highest BCUT2D eigenvalue weighted by Gasteiger charge is 2.47. The summed E-state index contributed by atoms with van der Waals surface area (Å²) >= 11 is 1.26. The summed E-state index contributed by atoms with van der Waals surface area (Å²) in [4.78, 5) is 41.4. The first-order valence-electron chi connectivity index (χ1n) is 10.9. The maximum absolute atomic E-state index is 13.5. The summed E-state index contributed by atoms with van der Waals surface area (Å²) < 4.78 is 32.1. The number of thiazole rings is 1. The van der Waals surface area contributed by atoms with Crippen LogP contribution in [0.3, 0.4) is 0 Å². The minimum absolute atomic E-state index is 0.104. The first-order chi connectivity index (χ1) is 16.6. The molecule has 1 saturated heterocycles. The number of carbonyl (C=O) groups is 3. The molecular weight excluding hydrogens is 480 g/mol. The van der Waals surface area contributed by atoms with E-state index in [1.165, 1.54) is 16.7 Å². The third kappa shape index (κ3) is 7.45. The molecule has 186 valence electrons. The zero-order chi connectivity index (χ0) is 25.6. The first kappa shape index (κ1) is 26.0. The molecule has 1 aromatic heterocycles. The summed E-state index contributed by atoms with van der Waals surface area (Å²) in [5, 5.41) is 16.2. The molecule has 2 N–H and O–H groups in total. The number of anilines is 1. The van der Waals surface area contributed by atoms with Crippen LogP contribution in [0.25, 0.3) is 0 Å². The molecule has 1 aliphatic heterocycles. The summed E-state index contributed by atoms with van der Waals surface area (Å²) in [6, 6.07) is 7.57. The number of likely N-dealkylation sites (tertiary alicyclic amines) is 1. The smallest absolute Gasteiger partial charge is 0.411 e. The monoisotopic (exact) mass is 505 g/mol. The Labute approximate surface area is 205 Å². The van der Waals surface area contributed by atoms with Crippen LogP contribution in [0.15, 0.2) is 29.6 Å². The van der Waals surface area contributed by atoms with E-state index in [1.807, 2.05) is 26.0 Å². The molecule has 0 saturated carbocycles. The van der Waals surface area contributed by atoms with E-state index >= 15 is 0 Å². The van der Waals surface area contributed by atoms with Gasteiger partial charge in [0.2, 0.25) is 5.91 Å². The summed E-state index contributed by atoms with van der Waals surface area (Å²) in [7, 11) is 0. The van der Waals surface area contributed by atoms with Crippen molar-refractivity contribution in [3.8, 4) is 6.07 Å². The maximum atomic E-state index is 13.5. The van der Waals surface area contributed by atoms with Gasteiger partial charge in [0, 0.05) is 23.9 Å². The Kier molecular flexibility index (Phi) is 8.34. The molecule has 1 aromatic carbocycles. The zero-order valence-electron chi connectivity index (χ0n) is 19.2. The van der Waals surface area contributed by atoms with Crippen LogP contribution in [-0.4, -0.2) is 59.5 Å². The maximum Gasteiger partial charge on any atom is 0.411 e. The summed E-state index contributed by atoms with van der Waals surface area (Å²) in [6.07, 6.45) is -0.790. The summed E-state index contributed by atoms with van der Waals surface area (Å²) in [6.45, 7) is 2.87. The number of ether oxygens (including phenoxy) is 1. The minimum Gasteiger partial charge on any atom is -0.449 e. The van der Waals surface area contributed by atoms with E-state index in [0.717, 1.165) is 10.5 Å². The van der Waals surface area contributed by atoms with E-state index in [4.69, 9.17) is 10.00 Å². The highest BCUT2D eigenvalue weighted by Crippen LogP contribution is 2.31. The highest BCUT2D eigenvalue weighted by molar-refractivity contribution is 7.09. The fourth-order valence-electron chi connectivity index (χ4n) is 3.32. The number of halogens is 2. The molecule has 1 atom stereocenters. The summed E-state index contributed by atoms with van der Waals surface area (Å²) in [5.74, 6) is -4.24. The molecule has 35 heavy (non-hydrogen) atoms. The fourth-order valence-corrected chi connectivity index (χ4v) is 4.12. The molecule has 2 aromatic rings. The standard InChI is InChI=1S/C23H25F2N5O4S/c1-14(2)11-34-22(33)28-16-5-3-15(4-6-16)7-19-29-18(12-35-19)21(32)27-10-20(31)30-13-23(24,25)8-17(30)9-26/h3-6,12,14,17H,7-8,10-11,13H2,1-2H3,(H,27,32)(H,28,33)/t17-/m0/s1. The average Bonchev–Trinajstić information content (AvgIpc) is 3.40. The van der Waals surface area contributed by atoms with Crippen molar-refractivity contribution in [2.45, 2.75) is 38.7 Å². The van der Waals surface area contributed by atoms with Crippen molar-refractivity contribution in [1.29, 1.82) is 5.26 Å². The Bertz CT molecular complexity index is 1110. The largest absolute Gasteiger partial charge is 0.449 e. The van der Waals surface area contributed by atoms with Crippen LogP contribution < -0.4 is 10.6 Å². The van der Waals surface area contributed by atoms with Crippen molar-refractivity contribution in [2.75, 3.05) is 25.0 Å². The average molecular weight is 506 g/mol. The van der Waals surface area contributed by atoms with Crippen LogP contribution in [0.1, 0.15) is 41.3 Å². The molecule has 1 fully saturated rings. The zero-order valence-corrected chi connectivity index (χ0v) is 20.0. The second-order valence-corrected chi connectivity index (χ2v) is 9.47. The van der Waals surface area contributed by atoms with Crippen LogP contribution in [-0.2, 0) is 16.0 Å². The molecule has 0 aliphatic carbocycles. The van der Waals surface area contributed by atoms with Gasteiger partial charge in [-0.05, 0) is 23.6 Å². The SMILES string of the molecule is CC(C)COC(=O)Nc1ccc(Cc2nc(C(=O)NCC(=O)N3CC(F)(F)C[C@H]3C#N)cs2)cc1. The van der Waals surface area contributed by atoms with Gasteiger partial charge in [-0.3, -0.25) is 14.9 Å². The van der Waals surface area contributed by atoms with Gasteiger partial charge >= 0.3 is 6.09 Å². The van der Waals surface area contributed by atoms with Crippen LogP contribution in [0.2, 0.25) is 0 Å². The topological polar surface area (TPSA) is 124 Å². The number of nitriles is 1. The van der Waals surface area contributed by atoms with Crippen molar-refractivity contribution >= 4 is 34.9 Å². The van der Waals surface area contributed by atoms with Gasteiger partial charge < -0.3 is 15.0 Å². The van der Waals surface area contributed by atoms with E-state index in [1.54, 1.807) is 18.2 Å². The lowest BCUT2D eigenvalue weighted by Crippen LogP contribution is -2.43. The van der Waals surface area contributed by atoms with Gasteiger partial charge in [0.25, 0.3) is 11.8 Å². The van der Waals surface area contributed by atoms with Crippen LogP contribution in [0.4, 0.5) is 19.3 Å². The number of rotatable bonds is 8. The molecule has 0 bridgehead atoms. The molecule has 1 aliphatic rings. The van der Waals surface area contributed by atoms with Gasteiger partial charge in [0.1, 0.15) is 11.7 Å². The highest BCUT2D eigenvalue weighted by atomic mass is 32.1. The third-order valence-corrected chi connectivity index (χ3v) is 5.88. The van der Waals surface area contributed by atoms with E-state index in [2.05, 4.69) is 15.6 Å². The number of hydrogen-bond acceptors (Lipinski definition) is 7. The predicted molar refractivity (Wildman–Crippen MR) is 124 cm³/mol. The lowest BCUT2D eigenvalue weighted by molar-refractivity contribution is -0.131. The van der Waals surface area contributed by atoms with Gasteiger partial charge in [0.05, 0.1) is 30.8 Å². The van der Waals surface area contributed by atoms with Gasteiger partial charge in [-0.2, -0.15) is 5.26 Å². The minimum atomic E-state index is -3.12. The molecular formula is C23H25F2N5O4S. The van der Waals surface area contributed by atoms with Gasteiger partial charge in [0.15, 0.2) is 0 Å². The van der Waals surface area contributed by atoms with Crippen LogP contribution >= 0.6 is 11.3 Å². The quantitative estimate of drug-likeness (QED) is 0.567. The number of benzene rings is 1. The molecule has 0 spiro atoms. The molecule has 3 amide bonds. The second-order valence-electron chi connectivity index (χ2n) is 8.53. The Morgan fingerprint density at radius 2 is 2.03 bits per heavy atom. The first-order valence-corrected chi connectivity index (χ1v) is 11.8. The van der Waals surface area contributed by atoms with Gasteiger partial charge in [-0.1, -0.05) is 26.0 Å². The molecule has 3 rings (SSSR count). The van der Waals surface area contributed by atoms with E-state index in [9.17, 15) is 23.2 Å². The number of amides is 3. The molecule has 0 radical (unpaired) electrons. The number of carbonyl (C=O) groups excluding carboxylic acids is 3. The molecule has 12 heteroatoms. The summed E-state index contributed by atoms with van der Waals surface area (Å²) in [5.41, 5.74) is 1.59. The van der Waals surface area contributed by atoms with Crippen molar-refractivity contribution in [1.82, 2.24) is 15.2 Å². The van der Waals surface area contributed by atoms with Crippen molar-refractivity contribution in [3.05, 3.63) is 45.9 Å². The third-order valence-electron chi connectivity index (χ3n) is 5.03. The van der Waals surface area contributed by atoms with E-state index < -0.39 is 49.4 Å². The van der Waals surface area contributed by atoms with E-state index in [0.29, 0.717) is 23.7 Å². The van der Waals surface area contributed by atoms with Crippen molar-refractivity contribution < 1.29 is 27.9 Å². The number of aromatic nitrogens is 1. The Balaban J connectivity index is 1.49. The Morgan fingerprint density at radius 1 is 1.31 bits per heavy atom. The van der Waals surface area contributed by atoms with Crippen LogP contribution in [0.5, 0.6) is 0 Å². The molecule has 2 heterocycles. The van der Waals surface area contributed by atoms with Gasteiger partial charge in [-0.25, -0.2) is 18.6 Å². The Hall–Kier alpha value is -3.59.